The summed E-state index contributed by atoms with van der Waals surface area (Å²) in [5, 5.41) is 10.0. The summed E-state index contributed by atoms with van der Waals surface area (Å²) in [4.78, 5) is 9.46. The Hall–Kier alpha value is -1.73. The highest BCUT2D eigenvalue weighted by Gasteiger charge is 2.11. The van der Waals surface area contributed by atoms with Gasteiger partial charge in [-0.1, -0.05) is 12.1 Å². The molecule has 0 atom stereocenters. The molecule has 0 fully saturated rings. The number of nitrogens with zero attached hydrogens (tertiary/aromatic N) is 1. The third-order valence-corrected chi connectivity index (χ3v) is 3.07. The first-order valence-electron chi connectivity index (χ1n) is 4.18. The summed E-state index contributed by atoms with van der Waals surface area (Å²) in [5.41, 5.74) is 0.534. The Morgan fingerprint density at radius 3 is 2.31 bits per heavy atom. The predicted octanol–water partition coefficient (Wildman–Crippen LogP) is 1.27. The zero-order valence-corrected chi connectivity index (χ0v) is 9.18. The fourth-order valence-corrected chi connectivity index (χ4v) is 1.65. The van der Waals surface area contributed by atoms with Gasteiger partial charge >= 0.3 is 0 Å². The molecule has 86 valence electrons. The van der Waals surface area contributed by atoms with Crippen molar-refractivity contribution in [2.24, 2.45) is 0 Å². The van der Waals surface area contributed by atoms with Gasteiger partial charge in [0.25, 0.3) is 10.1 Å². The van der Waals surface area contributed by atoms with E-state index < -0.39 is 15.0 Å². The Balaban J connectivity index is 2.96. The third-order valence-electron chi connectivity index (χ3n) is 1.78. The van der Waals surface area contributed by atoms with Crippen LogP contribution in [-0.2, 0) is 14.3 Å². The second kappa shape index (κ2) is 4.86. The molecule has 0 aromatic heterocycles. The van der Waals surface area contributed by atoms with Gasteiger partial charge in [0.1, 0.15) is 0 Å². The van der Waals surface area contributed by atoms with Crippen LogP contribution in [0.15, 0.2) is 35.4 Å². The fourth-order valence-electron chi connectivity index (χ4n) is 0.989. The number of hydrogen-bond donors (Lipinski definition) is 0. The molecule has 6 nitrogen and oxygen atoms in total. The van der Waals surface area contributed by atoms with Crippen molar-refractivity contribution in [1.29, 1.82) is 0 Å². The monoisotopic (exact) mass is 243 g/mol. The topological polar surface area (TPSA) is 86.5 Å². The minimum absolute atomic E-state index is 0.00764. The summed E-state index contributed by atoms with van der Waals surface area (Å²) in [5.74, 6) is 0. The van der Waals surface area contributed by atoms with Crippen molar-refractivity contribution in [1.82, 2.24) is 0 Å². The van der Waals surface area contributed by atoms with E-state index in [0.717, 1.165) is 13.3 Å². The molecule has 1 aromatic rings. The molecule has 0 aliphatic carbocycles. The summed E-state index contributed by atoms with van der Waals surface area (Å²) < 4.78 is 26.8. The fraction of sp³-hybridized carbons (Fsp3) is 0.111. The molecular formula is C9H9NO5S. The first kappa shape index (κ1) is 12.3. The molecule has 0 N–H and O–H groups in total. The van der Waals surface area contributed by atoms with Gasteiger partial charge in [0.15, 0.2) is 0 Å². The standard InChI is InChI=1S/C9H9NO5S/c1-15-16(13,14)9-4-2-8(3-5-9)6-7-10(11)12/h2-7H,1H3. The molecule has 0 bridgehead atoms. The maximum atomic E-state index is 11.2. The second-order valence-electron chi connectivity index (χ2n) is 2.79. The lowest BCUT2D eigenvalue weighted by atomic mass is 10.2. The molecule has 0 spiro atoms. The van der Waals surface area contributed by atoms with E-state index in [1.54, 1.807) is 0 Å². The van der Waals surface area contributed by atoms with E-state index in [1.807, 2.05) is 0 Å². The van der Waals surface area contributed by atoms with Crippen molar-refractivity contribution < 1.29 is 17.5 Å². The van der Waals surface area contributed by atoms with Crippen LogP contribution in [0, 0.1) is 10.1 Å². The van der Waals surface area contributed by atoms with Gasteiger partial charge in [-0.3, -0.25) is 14.3 Å². The zero-order valence-electron chi connectivity index (χ0n) is 8.36. The van der Waals surface area contributed by atoms with Crippen molar-refractivity contribution in [3.8, 4) is 0 Å². The van der Waals surface area contributed by atoms with E-state index in [9.17, 15) is 18.5 Å². The van der Waals surface area contributed by atoms with E-state index >= 15 is 0 Å². The first-order chi connectivity index (χ1) is 7.45. The van der Waals surface area contributed by atoms with Crippen LogP contribution in [-0.4, -0.2) is 20.5 Å². The zero-order chi connectivity index (χ0) is 12.2. The molecule has 0 amide bonds. The smallest absolute Gasteiger partial charge is 0.270 e. The Morgan fingerprint density at radius 2 is 1.88 bits per heavy atom. The van der Waals surface area contributed by atoms with Crippen LogP contribution in [0.25, 0.3) is 6.08 Å². The number of hydrogen-bond acceptors (Lipinski definition) is 5. The highest BCUT2D eigenvalue weighted by Crippen LogP contribution is 2.13. The van der Waals surface area contributed by atoms with Gasteiger partial charge in [-0.15, -0.1) is 0 Å². The minimum Gasteiger partial charge on any atom is -0.270 e. The lowest BCUT2D eigenvalue weighted by Gasteiger charge is -2.00. The molecule has 1 rings (SSSR count). The number of rotatable bonds is 4. The lowest BCUT2D eigenvalue weighted by molar-refractivity contribution is -0.400. The van der Waals surface area contributed by atoms with Gasteiger partial charge in [0.05, 0.1) is 16.9 Å². The molecule has 0 saturated heterocycles. The normalized spacial score (nSPS) is 11.8. The van der Waals surface area contributed by atoms with Crippen molar-refractivity contribution >= 4 is 16.2 Å². The summed E-state index contributed by atoms with van der Waals surface area (Å²) in [6.07, 6.45) is 2.04. The summed E-state index contributed by atoms with van der Waals surface area (Å²) in [6, 6.07) is 5.54. The predicted molar refractivity (Wildman–Crippen MR) is 56.7 cm³/mol. The Morgan fingerprint density at radius 1 is 1.31 bits per heavy atom. The molecule has 0 saturated carbocycles. The maximum absolute atomic E-state index is 11.2. The minimum atomic E-state index is -3.70. The average Bonchev–Trinajstić information content (AvgIpc) is 2.27. The highest BCUT2D eigenvalue weighted by atomic mass is 32.2. The Labute approximate surface area is 92.4 Å². The van der Waals surface area contributed by atoms with Crippen molar-refractivity contribution in [3.05, 3.63) is 46.1 Å². The maximum Gasteiger partial charge on any atom is 0.296 e. The van der Waals surface area contributed by atoms with Crippen LogP contribution in [0.5, 0.6) is 0 Å². The third kappa shape index (κ3) is 3.14. The van der Waals surface area contributed by atoms with Crippen LogP contribution in [0.2, 0.25) is 0 Å². The van der Waals surface area contributed by atoms with Crippen LogP contribution < -0.4 is 0 Å². The van der Waals surface area contributed by atoms with Crippen molar-refractivity contribution in [2.45, 2.75) is 4.90 Å². The SMILES string of the molecule is COS(=O)(=O)c1ccc(C=C[N+](=O)[O-])cc1. The van der Waals surface area contributed by atoms with Gasteiger partial charge in [-0.2, -0.15) is 8.42 Å². The molecule has 0 heterocycles. The summed E-state index contributed by atoms with van der Waals surface area (Å²) >= 11 is 0. The average molecular weight is 243 g/mol. The van der Waals surface area contributed by atoms with Gasteiger partial charge in [-0.25, -0.2) is 0 Å². The lowest BCUT2D eigenvalue weighted by Crippen LogP contribution is -2.02. The van der Waals surface area contributed by atoms with E-state index in [4.69, 9.17) is 0 Å². The Kier molecular flexibility index (Phi) is 3.75. The molecule has 1 aromatic carbocycles. The van der Waals surface area contributed by atoms with Crippen LogP contribution >= 0.6 is 0 Å². The highest BCUT2D eigenvalue weighted by molar-refractivity contribution is 7.86. The quantitative estimate of drug-likeness (QED) is 0.451. The summed E-state index contributed by atoms with van der Waals surface area (Å²) in [6.45, 7) is 0. The van der Waals surface area contributed by atoms with Crippen molar-refractivity contribution in [3.63, 3.8) is 0 Å². The van der Waals surface area contributed by atoms with Crippen LogP contribution in [0.4, 0.5) is 0 Å². The van der Waals surface area contributed by atoms with E-state index in [2.05, 4.69) is 4.18 Å². The molecule has 7 heteroatoms. The van der Waals surface area contributed by atoms with Crippen LogP contribution in [0.1, 0.15) is 5.56 Å². The van der Waals surface area contributed by atoms with Crippen LogP contribution in [0.3, 0.4) is 0 Å². The molecule has 0 aliphatic heterocycles. The molecular weight excluding hydrogens is 234 g/mol. The number of benzene rings is 1. The van der Waals surface area contributed by atoms with E-state index in [0.29, 0.717) is 5.56 Å². The molecule has 16 heavy (non-hydrogen) atoms. The second-order valence-corrected chi connectivity index (χ2v) is 4.50. The largest absolute Gasteiger partial charge is 0.296 e. The molecule has 0 radical (unpaired) electrons. The number of nitro groups is 1. The van der Waals surface area contributed by atoms with E-state index in [-0.39, 0.29) is 4.90 Å². The van der Waals surface area contributed by atoms with Gasteiger partial charge in [0.2, 0.25) is 6.20 Å². The first-order valence-corrected chi connectivity index (χ1v) is 5.59. The Bertz CT molecular complexity index is 503. The van der Waals surface area contributed by atoms with Gasteiger partial charge in [-0.05, 0) is 17.7 Å². The van der Waals surface area contributed by atoms with Gasteiger partial charge < -0.3 is 0 Å². The molecule has 0 aliphatic rings. The molecule has 0 unspecified atom stereocenters. The van der Waals surface area contributed by atoms with Gasteiger partial charge in [0, 0.05) is 6.08 Å². The van der Waals surface area contributed by atoms with E-state index in [1.165, 1.54) is 30.3 Å². The van der Waals surface area contributed by atoms with Crippen molar-refractivity contribution in [2.75, 3.05) is 7.11 Å². The summed E-state index contributed by atoms with van der Waals surface area (Å²) in [7, 11) is -2.64.